The fourth-order valence-electron chi connectivity index (χ4n) is 2.59. The first-order valence-electron chi connectivity index (χ1n) is 10.3. The van der Waals surface area contributed by atoms with Crippen molar-refractivity contribution >= 4 is 35.4 Å². The van der Waals surface area contributed by atoms with E-state index in [1.54, 1.807) is 6.26 Å². The lowest BCUT2D eigenvalue weighted by Gasteiger charge is -2.14. The number of rotatable bonds is 17. The van der Waals surface area contributed by atoms with Crippen LogP contribution in [-0.2, 0) is 28.7 Å². The van der Waals surface area contributed by atoms with Crippen molar-refractivity contribution in [3.05, 3.63) is 11.0 Å². The van der Waals surface area contributed by atoms with Crippen molar-refractivity contribution < 1.29 is 28.7 Å². The Bertz CT molecular complexity index is 611. The van der Waals surface area contributed by atoms with Crippen molar-refractivity contribution in [3.63, 3.8) is 0 Å². The van der Waals surface area contributed by atoms with Crippen LogP contribution in [0, 0.1) is 0 Å². The van der Waals surface area contributed by atoms with Gasteiger partial charge in [-0.25, -0.2) is 0 Å². The van der Waals surface area contributed by atoms with E-state index in [0.717, 1.165) is 24.2 Å². The monoisotopic (exact) mass is 443 g/mol. The molecule has 0 aliphatic carbocycles. The van der Waals surface area contributed by atoms with Gasteiger partial charge in [0, 0.05) is 38.6 Å². The van der Waals surface area contributed by atoms with Crippen molar-refractivity contribution in [2.24, 2.45) is 0 Å². The number of imide groups is 1. The van der Waals surface area contributed by atoms with Crippen molar-refractivity contribution in [1.82, 2.24) is 15.5 Å². The number of ether oxygens (including phenoxy) is 2. The maximum Gasteiger partial charge on any atom is 0.267 e. The third kappa shape index (κ3) is 10.7. The van der Waals surface area contributed by atoms with Gasteiger partial charge in [-0.05, 0) is 12.7 Å². The van der Waals surface area contributed by atoms with E-state index in [1.165, 1.54) is 17.8 Å². The quantitative estimate of drug-likeness (QED) is 0.253. The molecule has 0 aromatic rings. The van der Waals surface area contributed by atoms with E-state index in [0.29, 0.717) is 50.8 Å². The summed E-state index contributed by atoms with van der Waals surface area (Å²) in [5.41, 5.74) is 0. The number of thioether (sulfide) groups is 1. The zero-order valence-corrected chi connectivity index (χ0v) is 18.7. The molecule has 0 saturated carbocycles. The fourth-order valence-corrected chi connectivity index (χ4v) is 3.09. The molecule has 170 valence electrons. The smallest absolute Gasteiger partial charge is 0.267 e. The van der Waals surface area contributed by atoms with Crippen LogP contribution in [0.15, 0.2) is 11.0 Å². The van der Waals surface area contributed by atoms with E-state index < -0.39 is 0 Å². The van der Waals surface area contributed by atoms with Gasteiger partial charge in [0.1, 0.15) is 0 Å². The molecule has 10 heteroatoms. The van der Waals surface area contributed by atoms with Crippen LogP contribution in [0.1, 0.15) is 39.0 Å². The molecule has 30 heavy (non-hydrogen) atoms. The van der Waals surface area contributed by atoms with Crippen LogP contribution in [0.3, 0.4) is 0 Å². The second-order valence-corrected chi connectivity index (χ2v) is 7.49. The summed E-state index contributed by atoms with van der Waals surface area (Å²) < 4.78 is 10.7. The molecule has 9 nitrogen and oxygen atoms in total. The SMILES string of the molecule is CCCCCNC(=O)CCOCCOCCNC(=O)CCN1C(=O)C=C(SC)C1=O. The summed E-state index contributed by atoms with van der Waals surface area (Å²) in [5, 5.41) is 5.53. The summed E-state index contributed by atoms with van der Waals surface area (Å²) in [6, 6.07) is 0. The van der Waals surface area contributed by atoms with E-state index in [1.807, 2.05) is 0 Å². The molecule has 2 N–H and O–H groups in total. The Hall–Kier alpha value is -1.91. The molecule has 1 aliphatic heterocycles. The van der Waals surface area contributed by atoms with Crippen LogP contribution >= 0.6 is 11.8 Å². The number of hydrogen-bond donors (Lipinski definition) is 2. The van der Waals surface area contributed by atoms with E-state index in [2.05, 4.69) is 17.6 Å². The van der Waals surface area contributed by atoms with Gasteiger partial charge in [0.15, 0.2) is 0 Å². The number of unbranched alkanes of at least 4 members (excludes halogenated alkanes) is 2. The van der Waals surface area contributed by atoms with Gasteiger partial charge < -0.3 is 20.1 Å². The Balaban J connectivity index is 1.93. The molecule has 1 heterocycles. The minimum Gasteiger partial charge on any atom is -0.379 e. The maximum atomic E-state index is 11.9. The van der Waals surface area contributed by atoms with Gasteiger partial charge in [0.05, 0.1) is 31.3 Å². The number of nitrogens with one attached hydrogen (secondary N) is 2. The molecule has 0 spiro atoms. The lowest BCUT2D eigenvalue weighted by molar-refractivity contribution is -0.137. The summed E-state index contributed by atoms with van der Waals surface area (Å²) in [6.45, 7) is 4.64. The van der Waals surface area contributed by atoms with Crippen molar-refractivity contribution in [2.75, 3.05) is 52.3 Å². The number of hydrogen-bond acceptors (Lipinski definition) is 7. The van der Waals surface area contributed by atoms with Crippen molar-refractivity contribution in [1.29, 1.82) is 0 Å². The summed E-state index contributed by atoms with van der Waals surface area (Å²) >= 11 is 1.22. The van der Waals surface area contributed by atoms with Gasteiger partial charge in [-0.15, -0.1) is 11.8 Å². The van der Waals surface area contributed by atoms with Gasteiger partial charge in [0.2, 0.25) is 11.8 Å². The molecule has 1 rings (SSSR count). The van der Waals surface area contributed by atoms with Crippen LogP contribution in [0.25, 0.3) is 0 Å². The second-order valence-electron chi connectivity index (χ2n) is 6.64. The molecule has 0 bridgehead atoms. The normalized spacial score (nSPS) is 13.5. The average Bonchev–Trinajstić information content (AvgIpc) is 3.01. The Morgan fingerprint density at radius 3 is 2.30 bits per heavy atom. The average molecular weight is 444 g/mol. The number of carbonyl (C=O) groups excluding carboxylic acids is 4. The molecule has 0 atom stereocenters. The molecular formula is C20H33N3O6S. The summed E-state index contributed by atoms with van der Waals surface area (Å²) in [7, 11) is 0. The predicted molar refractivity (Wildman–Crippen MR) is 115 cm³/mol. The van der Waals surface area contributed by atoms with E-state index >= 15 is 0 Å². The van der Waals surface area contributed by atoms with Crippen LogP contribution in [0.5, 0.6) is 0 Å². The van der Waals surface area contributed by atoms with Crippen molar-refractivity contribution in [2.45, 2.75) is 39.0 Å². The minimum atomic E-state index is -0.380. The Kier molecular flexibility index (Phi) is 13.8. The Morgan fingerprint density at radius 1 is 0.967 bits per heavy atom. The van der Waals surface area contributed by atoms with Gasteiger partial charge >= 0.3 is 0 Å². The minimum absolute atomic E-state index is 0.00693. The van der Waals surface area contributed by atoms with Gasteiger partial charge in [-0.1, -0.05) is 19.8 Å². The fraction of sp³-hybridized carbons (Fsp3) is 0.700. The van der Waals surface area contributed by atoms with E-state index in [4.69, 9.17) is 9.47 Å². The highest BCUT2D eigenvalue weighted by Crippen LogP contribution is 2.21. The van der Waals surface area contributed by atoms with Gasteiger partial charge in [-0.2, -0.15) is 0 Å². The lowest BCUT2D eigenvalue weighted by Crippen LogP contribution is -2.36. The predicted octanol–water partition coefficient (Wildman–Crippen LogP) is 0.838. The summed E-state index contributed by atoms with van der Waals surface area (Å²) in [6.07, 6.45) is 6.64. The lowest BCUT2D eigenvalue weighted by atomic mass is 10.2. The molecule has 0 aromatic carbocycles. The maximum absolute atomic E-state index is 11.9. The highest BCUT2D eigenvalue weighted by atomic mass is 32.2. The van der Waals surface area contributed by atoms with E-state index in [-0.39, 0.29) is 36.6 Å². The molecule has 1 aliphatic rings. The molecule has 0 radical (unpaired) electrons. The topological polar surface area (TPSA) is 114 Å². The first kappa shape index (κ1) is 26.1. The van der Waals surface area contributed by atoms with E-state index in [9.17, 15) is 19.2 Å². The largest absolute Gasteiger partial charge is 0.379 e. The highest BCUT2D eigenvalue weighted by molar-refractivity contribution is 8.03. The second kappa shape index (κ2) is 15.9. The standard InChI is InChI=1S/C20H33N3O6S/c1-3-4-5-8-21-18(25)7-11-28-13-14-29-12-9-22-17(24)6-10-23-19(26)15-16(30-2)20(23)27/h15H,3-14H2,1-2H3,(H,21,25)(H,22,24). The highest BCUT2D eigenvalue weighted by Gasteiger charge is 2.30. The number of carbonyl (C=O) groups is 4. The van der Waals surface area contributed by atoms with Crippen LogP contribution in [0.4, 0.5) is 0 Å². The molecule has 0 fully saturated rings. The molecule has 0 aromatic heterocycles. The zero-order valence-electron chi connectivity index (χ0n) is 17.9. The van der Waals surface area contributed by atoms with Crippen LogP contribution in [-0.4, -0.2) is 80.8 Å². The first-order chi connectivity index (χ1) is 14.5. The Morgan fingerprint density at radius 2 is 1.63 bits per heavy atom. The summed E-state index contributed by atoms with van der Waals surface area (Å²) in [5.74, 6) is -0.988. The number of nitrogens with zero attached hydrogens (tertiary/aromatic N) is 1. The third-order valence-electron chi connectivity index (χ3n) is 4.28. The molecule has 4 amide bonds. The van der Waals surface area contributed by atoms with Gasteiger partial charge in [-0.3, -0.25) is 24.1 Å². The van der Waals surface area contributed by atoms with Crippen LogP contribution in [0.2, 0.25) is 0 Å². The first-order valence-corrected chi connectivity index (χ1v) is 11.5. The molecule has 0 saturated heterocycles. The zero-order chi connectivity index (χ0) is 22.2. The van der Waals surface area contributed by atoms with Crippen LogP contribution < -0.4 is 10.6 Å². The third-order valence-corrected chi connectivity index (χ3v) is 5.01. The molecule has 0 unspecified atom stereocenters. The van der Waals surface area contributed by atoms with Gasteiger partial charge in [0.25, 0.3) is 11.8 Å². The summed E-state index contributed by atoms with van der Waals surface area (Å²) in [4.78, 5) is 48.4. The molecular weight excluding hydrogens is 410 g/mol. The van der Waals surface area contributed by atoms with Crippen molar-refractivity contribution in [3.8, 4) is 0 Å². The number of amides is 4. The Labute approximate surface area is 182 Å².